The van der Waals surface area contributed by atoms with E-state index < -0.39 is 16.1 Å². The van der Waals surface area contributed by atoms with Gasteiger partial charge in [-0.2, -0.15) is 8.42 Å². The average Bonchev–Trinajstić information content (AvgIpc) is 2.43. The zero-order chi connectivity index (χ0) is 19.5. The van der Waals surface area contributed by atoms with Gasteiger partial charge in [-0.1, -0.05) is 3.89 Å². The first-order valence-corrected chi connectivity index (χ1v) is 9.84. The van der Waals surface area contributed by atoms with Gasteiger partial charge < -0.3 is 13.8 Å². The Kier molecular flexibility index (Phi) is 6.41. The van der Waals surface area contributed by atoms with Gasteiger partial charge in [-0.3, -0.25) is 4.90 Å². The second kappa shape index (κ2) is 8.01. The number of ether oxygens (including phenoxy) is 1. The van der Waals surface area contributed by atoms with E-state index >= 15 is 0 Å². The van der Waals surface area contributed by atoms with Crippen molar-refractivity contribution in [2.24, 2.45) is 0 Å². The highest BCUT2D eigenvalue weighted by molar-refractivity contribution is 7.81. The Morgan fingerprint density at radius 1 is 1.19 bits per heavy atom. The summed E-state index contributed by atoms with van der Waals surface area (Å²) in [6.07, 6.45) is -0.335. The van der Waals surface area contributed by atoms with Crippen LogP contribution in [0.3, 0.4) is 0 Å². The number of piperazine rings is 1. The molecule has 1 heterocycles. The van der Waals surface area contributed by atoms with E-state index in [4.69, 9.17) is 4.74 Å². The summed E-state index contributed by atoms with van der Waals surface area (Å²) in [6.45, 7) is 8.28. The number of thiol groups is 1. The zero-order valence-corrected chi connectivity index (χ0v) is 16.6. The highest BCUT2D eigenvalue weighted by atomic mass is 32.3. The van der Waals surface area contributed by atoms with E-state index in [0.29, 0.717) is 37.6 Å². The van der Waals surface area contributed by atoms with Crippen molar-refractivity contribution in [3.8, 4) is 5.75 Å². The van der Waals surface area contributed by atoms with Crippen molar-refractivity contribution in [3.05, 3.63) is 23.8 Å². The van der Waals surface area contributed by atoms with E-state index in [9.17, 15) is 17.1 Å². The molecule has 0 saturated carbocycles. The van der Waals surface area contributed by atoms with E-state index in [2.05, 4.69) is 21.7 Å². The second-order valence-electron chi connectivity index (χ2n) is 7.06. The molecule has 146 valence electrons. The first kappa shape index (κ1) is 20.8. The van der Waals surface area contributed by atoms with Crippen molar-refractivity contribution in [1.29, 1.82) is 0 Å². The maximum Gasteiger partial charge on any atom is 0.488 e. The van der Waals surface area contributed by atoms with E-state index in [1.54, 1.807) is 11.0 Å². The molecule has 1 fully saturated rings. The van der Waals surface area contributed by atoms with Crippen LogP contribution in [0.5, 0.6) is 5.75 Å². The molecule has 2 rings (SSSR count). The van der Waals surface area contributed by atoms with Crippen LogP contribution in [0.2, 0.25) is 0 Å². The van der Waals surface area contributed by atoms with Crippen molar-refractivity contribution < 1.29 is 26.0 Å². The van der Waals surface area contributed by atoms with Crippen LogP contribution in [0.25, 0.3) is 0 Å². The van der Waals surface area contributed by atoms with Gasteiger partial charge >= 0.3 is 16.6 Å². The van der Waals surface area contributed by atoms with Gasteiger partial charge in [-0.15, -0.1) is 12.6 Å². The normalized spacial score (nSPS) is 16.4. The van der Waals surface area contributed by atoms with Gasteiger partial charge in [0.15, 0.2) is 0 Å². The molecular weight excluding hydrogens is 383 g/mol. The molecule has 0 aliphatic carbocycles. The molecule has 1 aromatic carbocycles. The number of carbonyl (C=O) groups excluding carboxylic acids is 1. The molecule has 0 bridgehead atoms. The smallest absolute Gasteiger partial charge is 0.444 e. The Hall–Kier alpha value is -1.52. The summed E-state index contributed by atoms with van der Waals surface area (Å²) >= 11 is 4.19. The van der Waals surface area contributed by atoms with Crippen LogP contribution in [0.1, 0.15) is 26.3 Å². The minimum Gasteiger partial charge on any atom is -0.444 e. The van der Waals surface area contributed by atoms with Crippen LogP contribution >= 0.6 is 12.6 Å². The molecule has 1 aliphatic heterocycles. The van der Waals surface area contributed by atoms with Gasteiger partial charge in [-0.25, -0.2) is 4.79 Å². The minimum absolute atomic E-state index is 0.123. The molecule has 7 nitrogen and oxygen atoms in total. The van der Waals surface area contributed by atoms with Gasteiger partial charge in [0.2, 0.25) is 0 Å². The number of nitrogens with zero attached hydrogens (tertiary/aromatic N) is 2. The Morgan fingerprint density at radius 3 is 2.35 bits per heavy atom. The lowest BCUT2D eigenvalue weighted by Crippen LogP contribution is -2.49. The monoisotopic (exact) mass is 406 g/mol. The second-order valence-corrected chi connectivity index (χ2v) is 8.52. The molecule has 0 atom stereocenters. The average molecular weight is 407 g/mol. The summed E-state index contributed by atoms with van der Waals surface area (Å²) < 4.78 is 43.6. The quantitative estimate of drug-likeness (QED) is 0.612. The lowest BCUT2D eigenvalue weighted by atomic mass is 10.2. The number of benzene rings is 1. The van der Waals surface area contributed by atoms with Gasteiger partial charge in [0.05, 0.1) is 0 Å². The minimum atomic E-state index is -5.08. The zero-order valence-electron chi connectivity index (χ0n) is 14.9. The summed E-state index contributed by atoms with van der Waals surface area (Å²) in [7, 11) is -5.08. The maximum absolute atomic E-state index is 12.7. The number of rotatable bonds is 4. The molecule has 1 saturated heterocycles. The third-order valence-electron chi connectivity index (χ3n) is 3.58. The van der Waals surface area contributed by atoms with Crippen LogP contribution < -0.4 is 4.18 Å². The lowest BCUT2D eigenvalue weighted by molar-refractivity contribution is 0.0139. The van der Waals surface area contributed by atoms with Crippen LogP contribution in [-0.4, -0.2) is 56.1 Å². The molecule has 0 spiro atoms. The van der Waals surface area contributed by atoms with Crippen molar-refractivity contribution in [3.63, 3.8) is 0 Å². The standard InChI is InChI=1S/C16H23FN2O5S2/c1-16(2,3)23-15(20)19-6-4-18(5-7-19)11-12-8-13(10-14(25)9-12)24-26(17,21)22/h8-10,25H,4-7,11H2,1-3H3. The number of hydrogen-bond donors (Lipinski definition) is 1. The maximum atomic E-state index is 12.7. The molecule has 0 N–H and O–H groups in total. The van der Waals surface area contributed by atoms with E-state index in [1.807, 2.05) is 20.8 Å². The van der Waals surface area contributed by atoms with Crippen molar-refractivity contribution >= 4 is 29.2 Å². The fourth-order valence-corrected chi connectivity index (χ4v) is 3.19. The molecule has 1 aromatic rings. The summed E-state index contributed by atoms with van der Waals surface area (Å²) in [4.78, 5) is 16.3. The molecule has 26 heavy (non-hydrogen) atoms. The van der Waals surface area contributed by atoms with E-state index in [1.165, 1.54) is 12.1 Å². The van der Waals surface area contributed by atoms with Crippen LogP contribution in [0, 0.1) is 0 Å². The Labute approximate surface area is 158 Å². The van der Waals surface area contributed by atoms with Gasteiger partial charge in [0.25, 0.3) is 0 Å². The van der Waals surface area contributed by atoms with Crippen LogP contribution in [0.4, 0.5) is 8.68 Å². The third-order valence-corrected chi connectivity index (χ3v) is 4.23. The topological polar surface area (TPSA) is 76.2 Å². The largest absolute Gasteiger partial charge is 0.488 e. The first-order chi connectivity index (χ1) is 11.9. The SMILES string of the molecule is CC(C)(C)OC(=O)N1CCN(Cc2cc(S)cc(OS(=O)(=O)F)c2)CC1. The highest BCUT2D eigenvalue weighted by Crippen LogP contribution is 2.23. The van der Waals surface area contributed by atoms with E-state index in [0.717, 1.165) is 5.56 Å². The van der Waals surface area contributed by atoms with Crippen molar-refractivity contribution in [2.75, 3.05) is 26.2 Å². The predicted molar refractivity (Wildman–Crippen MR) is 97.4 cm³/mol. The molecule has 0 radical (unpaired) electrons. The van der Waals surface area contributed by atoms with Gasteiger partial charge in [0, 0.05) is 37.6 Å². The first-order valence-electron chi connectivity index (χ1n) is 8.08. The Balaban J connectivity index is 1.94. The molecule has 1 amide bonds. The number of halogens is 1. The highest BCUT2D eigenvalue weighted by Gasteiger charge is 2.26. The predicted octanol–water partition coefficient (Wildman–Crippen LogP) is 2.62. The fourth-order valence-electron chi connectivity index (χ4n) is 2.57. The van der Waals surface area contributed by atoms with Crippen molar-refractivity contribution in [2.45, 2.75) is 37.8 Å². The van der Waals surface area contributed by atoms with Crippen LogP contribution in [0.15, 0.2) is 23.1 Å². The molecule has 10 heteroatoms. The summed E-state index contributed by atoms with van der Waals surface area (Å²) in [5, 5.41) is 0. The molecular formula is C16H23FN2O5S2. The Morgan fingerprint density at radius 2 is 1.81 bits per heavy atom. The number of hydrogen-bond acceptors (Lipinski definition) is 7. The lowest BCUT2D eigenvalue weighted by Gasteiger charge is -2.35. The van der Waals surface area contributed by atoms with Gasteiger partial charge in [-0.05, 0) is 44.5 Å². The summed E-state index contributed by atoms with van der Waals surface area (Å²) in [5.41, 5.74) is 0.204. The third kappa shape index (κ3) is 7.00. The number of amides is 1. The van der Waals surface area contributed by atoms with E-state index in [-0.39, 0.29) is 11.8 Å². The molecule has 0 aromatic heterocycles. The summed E-state index contributed by atoms with van der Waals surface area (Å²) in [5.74, 6) is -0.123. The molecule has 1 aliphatic rings. The van der Waals surface area contributed by atoms with Crippen molar-refractivity contribution in [1.82, 2.24) is 9.80 Å². The van der Waals surface area contributed by atoms with Gasteiger partial charge in [0.1, 0.15) is 11.4 Å². The molecule has 0 unspecified atom stereocenters. The Bertz CT molecular complexity index is 756. The number of carbonyl (C=O) groups is 1. The summed E-state index contributed by atoms with van der Waals surface area (Å²) in [6, 6.07) is 4.53. The fraction of sp³-hybridized carbons (Fsp3) is 0.562. The van der Waals surface area contributed by atoms with Crippen LogP contribution in [-0.2, 0) is 21.8 Å².